The maximum atomic E-state index is 12.2. The summed E-state index contributed by atoms with van der Waals surface area (Å²) in [5.41, 5.74) is -1.03. The van der Waals surface area contributed by atoms with E-state index in [1.54, 1.807) is 6.92 Å². The Hall–Kier alpha value is -0.700. The number of carbonyl (C=O) groups is 1. The molecule has 0 radical (unpaired) electrons. The molecule has 3 atom stereocenters. The van der Waals surface area contributed by atoms with E-state index in [-0.39, 0.29) is 31.0 Å². The fourth-order valence-electron chi connectivity index (χ4n) is 2.85. The molecule has 122 valence electrons. The van der Waals surface area contributed by atoms with Crippen LogP contribution in [0.15, 0.2) is 0 Å². The van der Waals surface area contributed by atoms with Crippen LogP contribution in [0, 0.1) is 5.92 Å². The SMILES string of the molecule is CC1OCCC1(O)CNC(=O)C1CCCN(S(C)(=O)=O)C1. The largest absolute Gasteiger partial charge is 0.385 e. The minimum atomic E-state index is -3.26. The second kappa shape index (κ2) is 6.20. The summed E-state index contributed by atoms with van der Waals surface area (Å²) in [7, 11) is -3.26. The van der Waals surface area contributed by atoms with Crippen molar-refractivity contribution >= 4 is 15.9 Å². The molecule has 0 aromatic carbocycles. The highest BCUT2D eigenvalue weighted by molar-refractivity contribution is 7.88. The van der Waals surface area contributed by atoms with Crippen LogP contribution in [0.2, 0.25) is 0 Å². The molecule has 2 fully saturated rings. The van der Waals surface area contributed by atoms with Crippen molar-refractivity contribution in [1.82, 2.24) is 9.62 Å². The predicted octanol–water partition coefficient (Wildman–Crippen LogP) is -0.686. The van der Waals surface area contributed by atoms with Gasteiger partial charge in [0.05, 0.1) is 18.3 Å². The third-order valence-corrected chi connectivity index (χ3v) is 5.72. The van der Waals surface area contributed by atoms with Crippen molar-refractivity contribution < 1.29 is 23.1 Å². The van der Waals surface area contributed by atoms with Crippen molar-refractivity contribution in [1.29, 1.82) is 0 Å². The number of nitrogens with zero attached hydrogens (tertiary/aromatic N) is 1. The Bertz CT molecular complexity index is 495. The zero-order chi connectivity index (χ0) is 15.7. The lowest BCUT2D eigenvalue weighted by Crippen LogP contribution is -2.51. The second-order valence-electron chi connectivity index (χ2n) is 6.04. The third kappa shape index (κ3) is 3.94. The van der Waals surface area contributed by atoms with E-state index in [0.717, 1.165) is 6.26 Å². The monoisotopic (exact) mass is 320 g/mol. The Kier molecular flexibility index (Phi) is 4.92. The summed E-state index contributed by atoms with van der Waals surface area (Å²) in [5, 5.41) is 13.1. The van der Waals surface area contributed by atoms with Gasteiger partial charge in [0.2, 0.25) is 15.9 Å². The van der Waals surface area contributed by atoms with Crippen LogP contribution in [-0.4, -0.2) is 67.9 Å². The van der Waals surface area contributed by atoms with Gasteiger partial charge in [-0.15, -0.1) is 0 Å². The fraction of sp³-hybridized carbons (Fsp3) is 0.923. The standard InChI is InChI=1S/C13H24N2O5S/c1-10-13(17,5-7-20-10)9-14-12(16)11-4-3-6-15(8-11)21(2,18)19/h10-11,17H,3-9H2,1-2H3,(H,14,16). The summed E-state index contributed by atoms with van der Waals surface area (Å²) in [4.78, 5) is 12.2. The van der Waals surface area contributed by atoms with Crippen LogP contribution in [0.5, 0.6) is 0 Å². The van der Waals surface area contributed by atoms with E-state index in [4.69, 9.17) is 4.74 Å². The first-order valence-corrected chi connectivity index (χ1v) is 9.14. The van der Waals surface area contributed by atoms with Crippen LogP contribution in [0.1, 0.15) is 26.2 Å². The molecule has 0 aromatic rings. The number of carbonyl (C=O) groups excluding carboxylic acids is 1. The number of piperidine rings is 1. The average Bonchev–Trinajstić information content (AvgIpc) is 2.76. The van der Waals surface area contributed by atoms with Gasteiger partial charge in [0.25, 0.3) is 0 Å². The van der Waals surface area contributed by atoms with Gasteiger partial charge in [-0.05, 0) is 19.8 Å². The number of amides is 1. The molecule has 0 saturated carbocycles. The Balaban J connectivity index is 1.88. The van der Waals surface area contributed by atoms with Crippen molar-refractivity contribution in [3.8, 4) is 0 Å². The van der Waals surface area contributed by atoms with E-state index < -0.39 is 15.6 Å². The number of hydrogen-bond donors (Lipinski definition) is 2. The van der Waals surface area contributed by atoms with Crippen molar-refractivity contribution in [2.24, 2.45) is 5.92 Å². The third-order valence-electron chi connectivity index (χ3n) is 4.45. The normalized spacial score (nSPS) is 34.8. The minimum absolute atomic E-state index is 0.141. The Morgan fingerprint density at radius 1 is 1.52 bits per heavy atom. The first kappa shape index (κ1) is 16.7. The molecule has 2 saturated heterocycles. The number of rotatable bonds is 4. The summed E-state index contributed by atoms with van der Waals surface area (Å²) < 4.78 is 29.8. The van der Waals surface area contributed by atoms with E-state index in [9.17, 15) is 18.3 Å². The molecule has 8 heteroatoms. The summed E-state index contributed by atoms with van der Waals surface area (Å²) in [6.07, 6.45) is 2.69. The molecule has 0 aliphatic carbocycles. The molecule has 2 aliphatic rings. The molecule has 0 spiro atoms. The first-order chi connectivity index (χ1) is 9.72. The Labute approximate surface area is 125 Å². The van der Waals surface area contributed by atoms with Crippen LogP contribution in [0.4, 0.5) is 0 Å². The lowest BCUT2D eigenvalue weighted by atomic mass is 9.95. The van der Waals surface area contributed by atoms with Gasteiger partial charge in [0.15, 0.2) is 0 Å². The summed E-state index contributed by atoms with van der Waals surface area (Å²) in [6.45, 7) is 3.10. The van der Waals surface area contributed by atoms with E-state index in [2.05, 4.69) is 5.32 Å². The first-order valence-electron chi connectivity index (χ1n) is 7.29. The van der Waals surface area contributed by atoms with Crippen LogP contribution in [0.25, 0.3) is 0 Å². The van der Waals surface area contributed by atoms with Gasteiger partial charge in [-0.1, -0.05) is 0 Å². The number of ether oxygens (including phenoxy) is 1. The minimum Gasteiger partial charge on any atom is -0.385 e. The Morgan fingerprint density at radius 2 is 2.24 bits per heavy atom. The van der Waals surface area contributed by atoms with Crippen LogP contribution in [0.3, 0.4) is 0 Å². The molecule has 0 aromatic heterocycles. The second-order valence-corrected chi connectivity index (χ2v) is 8.03. The molecular weight excluding hydrogens is 296 g/mol. The van der Waals surface area contributed by atoms with Crippen LogP contribution in [-0.2, 0) is 19.6 Å². The molecule has 1 amide bonds. The van der Waals surface area contributed by atoms with Gasteiger partial charge in [-0.25, -0.2) is 12.7 Å². The number of nitrogens with one attached hydrogen (secondary N) is 1. The predicted molar refractivity (Wildman–Crippen MR) is 77.1 cm³/mol. The molecule has 3 unspecified atom stereocenters. The molecule has 7 nitrogen and oxygen atoms in total. The zero-order valence-corrected chi connectivity index (χ0v) is 13.4. The fourth-order valence-corrected chi connectivity index (χ4v) is 3.76. The maximum Gasteiger partial charge on any atom is 0.224 e. The van der Waals surface area contributed by atoms with Crippen molar-refractivity contribution in [3.05, 3.63) is 0 Å². The topological polar surface area (TPSA) is 95.9 Å². The van der Waals surface area contributed by atoms with Gasteiger partial charge in [-0.2, -0.15) is 0 Å². The van der Waals surface area contributed by atoms with E-state index in [1.807, 2.05) is 0 Å². The lowest BCUT2D eigenvalue weighted by Gasteiger charge is -2.31. The van der Waals surface area contributed by atoms with Crippen molar-refractivity contribution in [2.45, 2.75) is 37.9 Å². The van der Waals surface area contributed by atoms with Crippen molar-refractivity contribution in [3.63, 3.8) is 0 Å². The van der Waals surface area contributed by atoms with E-state index in [1.165, 1.54) is 4.31 Å². The Morgan fingerprint density at radius 3 is 2.81 bits per heavy atom. The zero-order valence-electron chi connectivity index (χ0n) is 12.5. The van der Waals surface area contributed by atoms with Gasteiger partial charge in [0.1, 0.15) is 5.60 Å². The summed E-state index contributed by atoms with van der Waals surface area (Å²) in [6, 6.07) is 0. The highest BCUT2D eigenvalue weighted by atomic mass is 32.2. The average molecular weight is 320 g/mol. The number of hydrogen-bond acceptors (Lipinski definition) is 5. The smallest absolute Gasteiger partial charge is 0.224 e. The quantitative estimate of drug-likeness (QED) is 0.715. The van der Waals surface area contributed by atoms with Crippen molar-refractivity contribution in [2.75, 3.05) is 32.5 Å². The van der Waals surface area contributed by atoms with Gasteiger partial charge in [-0.3, -0.25) is 4.79 Å². The number of sulfonamides is 1. The highest BCUT2D eigenvalue weighted by Crippen LogP contribution is 2.25. The van der Waals surface area contributed by atoms with Gasteiger partial charge in [0, 0.05) is 32.7 Å². The lowest BCUT2D eigenvalue weighted by molar-refractivity contribution is -0.127. The van der Waals surface area contributed by atoms with Crippen LogP contribution >= 0.6 is 0 Å². The molecule has 2 N–H and O–H groups in total. The van der Waals surface area contributed by atoms with Crippen LogP contribution < -0.4 is 5.32 Å². The molecule has 2 rings (SSSR count). The summed E-state index contributed by atoms with van der Waals surface area (Å²) >= 11 is 0. The molecule has 2 aliphatic heterocycles. The molecular formula is C13H24N2O5S. The summed E-state index contributed by atoms with van der Waals surface area (Å²) in [5.74, 6) is -0.550. The van der Waals surface area contributed by atoms with E-state index >= 15 is 0 Å². The number of aliphatic hydroxyl groups is 1. The molecule has 0 bridgehead atoms. The molecule has 21 heavy (non-hydrogen) atoms. The maximum absolute atomic E-state index is 12.2. The van der Waals surface area contributed by atoms with Gasteiger partial charge < -0.3 is 15.2 Å². The highest BCUT2D eigenvalue weighted by Gasteiger charge is 2.40. The molecule has 2 heterocycles. The van der Waals surface area contributed by atoms with Gasteiger partial charge >= 0.3 is 0 Å². The van der Waals surface area contributed by atoms with E-state index in [0.29, 0.717) is 32.4 Å².